The topological polar surface area (TPSA) is 58.0 Å². The molecule has 0 atom stereocenters. The summed E-state index contributed by atoms with van der Waals surface area (Å²) in [6, 6.07) is 11.2. The summed E-state index contributed by atoms with van der Waals surface area (Å²) in [6.45, 7) is -0.0997. The molecule has 88 valence electrons. The van der Waals surface area contributed by atoms with Crippen molar-refractivity contribution in [1.29, 1.82) is 0 Å². The lowest BCUT2D eigenvalue weighted by atomic mass is 9.91. The zero-order chi connectivity index (χ0) is 12.1. The van der Waals surface area contributed by atoms with E-state index in [4.69, 9.17) is 0 Å². The number of rotatable bonds is 4. The van der Waals surface area contributed by atoms with Crippen LogP contribution in [-0.2, 0) is 5.54 Å². The van der Waals surface area contributed by atoms with Gasteiger partial charge in [0, 0.05) is 12.4 Å². The number of hydrogen-bond donors (Lipinski definition) is 2. The number of aliphatic hydroxyl groups is 1. The Labute approximate surface area is 100 Å². The highest BCUT2D eigenvalue weighted by Crippen LogP contribution is 2.25. The summed E-state index contributed by atoms with van der Waals surface area (Å²) in [7, 11) is 1.79. The molecule has 2 N–H and O–H groups in total. The van der Waals surface area contributed by atoms with Crippen LogP contribution in [0.4, 0.5) is 0 Å². The smallest absolute Gasteiger partial charge is 0.127 e. The molecule has 17 heavy (non-hydrogen) atoms. The minimum atomic E-state index is -0.748. The molecule has 0 aliphatic heterocycles. The van der Waals surface area contributed by atoms with Crippen molar-refractivity contribution in [1.82, 2.24) is 15.3 Å². The van der Waals surface area contributed by atoms with Gasteiger partial charge < -0.3 is 10.4 Å². The predicted molar refractivity (Wildman–Crippen MR) is 65.4 cm³/mol. The van der Waals surface area contributed by atoms with Crippen LogP contribution in [0, 0.1) is 0 Å². The van der Waals surface area contributed by atoms with E-state index < -0.39 is 5.54 Å². The Morgan fingerprint density at radius 2 is 1.59 bits per heavy atom. The molecule has 0 aliphatic carbocycles. The summed E-state index contributed by atoms with van der Waals surface area (Å²) in [5, 5.41) is 12.9. The Balaban J connectivity index is 2.54. The molecular formula is C13H15N3O. The lowest BCUT2D eigenvalue weighted by molar-refractivity contribution is 0.192. The fourth-order valence-corrected chi connectivity index (χ4v) is 1.86. The quantitative estimate of drug-likeness (QED) is 0.819. The molecule has 0 radical (unpaired) electrons. The maximum Gasteiger partial charge on any atom is 0.127 e. The highest BCUT2D eigenvalue weighted by atomic mass is 16.3. The second-order valence-electron chi connectivity index (χ2n) is 3.74. The summed E-state index contributed by atoms with van der Waals surface area (Å²) < 4.78 is 0. The van der Waals surface area contributed by atoms with E-state index in [1.54, 1.807) is 19.4 Å². The number of aromatic nitrogens is 2. The zero-order valence-electron chi connectivity index (χ0n) is 9.67. The van der Waals surface area contributed by atoms with Crippen LogP contribution < -0.4 is 5.32 Å². The molecule has 4 heteroatoms. The molecule has 2 rings (SSSR count). The molecule has 4 nitrogen and oxygen atoms in total. The molecule has 0 bridgehead atoms. The third-order valence-electron chi connectivity index (χ3n) is 2.87. The van der Waals surface area contributed by atoms with Crippen LogP contribution in [0.2, 0.25) is 0 Å². The van der Waals surface area contributed by atoms with Crippen molar-refractivity contribution in [2.75, 3.05) is 13.7 Å². The van der Waals surface area contributed by atoms with E-state index in [-0.39, 0.29) is 6.61 Å². The highest BCUT2D eigenvalue weighted by Gasteiger charge is 2.34. The first kappa shape index (κ1) is 11.7. The normalized spacial score (nSPS) is 11.4. The van der Waals surface area contributed by atoms with Crippen LogP contribution in [0.15, 0.2) is 48.8 Å². The van der Waals surface area contributed by atoms with Crippen LogP contribution in [-0.4, -0.2) is 28.7 Å². The molecule has 0 spiro atoms. The van der Waals surface area contributed by atoms with Gasteiger partial charge in [-0.3, -0.25) is 9.97 Å². The largest absolute Gasteiger partial charge is 0.394 e. The van der Waals surface area contributed by atoms with Gasteiger partial charge in [0.15, 0.2) is 0 Å². The second-order valence-corrected chi connectivity index (χ2v) is 3.74. The van der Waals surface area contributed by atoms with E-state index in [1.807, 2.05) is 36.4 Å². The van der Waals surface area contributed by atoms with E-state index in [9.17, 15) is 5.11 Å². The standard InChI is InChI=1S/C13H15N3O/c1-14-13(10-17,11-6-2-4-8-15-11)12-7-3-5-9-16-12/h2-9,14,17H,10H2,1H3. The van der Waals surface area contributed by atoms with E-state index in [1.165, 1.54) is 0 Å². The first-order chi connectivity index (χ1) is 8.33. The van der Waals surface area contributed by atoms with Crippen LogP contribution >= 0.6 is 0 Å². The van der Waals surface area contributed by atoms with Crippen LogP contribution in [0.3, 0.4) is 0 Å². The third-order valence-corrected chi connectivity index (χ3v) is 2.87. The van der Waals surface area contributed by atoms with Gasteiger partial charge in [-0.05, 0) is 31.3 Å². The van der Waals surface area contributed by atoms with Crippen LogP contribution in [0.5, 0.6) is 0 Å². The maximum absolute atomic E-state index is 9.74. The third kappa shape index (κ3) is 2.05. The zero-order valence-corrected chi connectivity index (χ0v) is 9.67. The first-order valence-electron chi connectivity index (χ1n) is 5.46. The molecule has 0 aliphatic rings. The molecule has 0 saturated carbocycles. The van der Waals surface area contributed by atoms with Gasteiger partial charge in [0.25, 0.3) is 0 Å². The Kier molecular flexibility index (Phi) is 3.46. The van der Waals surface area contributed by atoms with E-state index >= 15 is 0 Å². The summed E-state index contributed by atoms with van der Waals surface area (Å²) in [5.74, 6) is 0. The molecule has 0 unspecified atom stereocenters. The van der Waals surface area contributed by atoms with E-state index in [0.717, 1.165) is 11.4 Å². The van der Waals surface area contributed by atoms with Gasteiger partial charge in [0.1, 0.15) is 5.54 Å². The van der Waals surface area contributed by atoms with Crippen molar-refractivity contribution < 1.29 is 5.11 Å². The average Bonchev–Trinajstić information content (AvgIpc) is 2.43. The van der Waals surface area contributed by atoms with Crippen molar-refractivity contribution in [2.24, 2.45) is 0 Å². The van der Waals surface area contributed by atoms with E-state index in [2.05, 4.69) is 15.3 Å². The van der Waals surface area contributed by atoms with Gasteiger partial charge in [0.2, 0.25) is 0 Å². The molecule has 2 aromatic rings. The van der Waals surface area contributed by atoms with Crippen molar-refractivity contribution in [3.05, 3.63) is 60.2 Å². The Hall–Kier alpha value is -1.78. The fourth-order valence-electron chi connectivity index (χ4n) is 1.86. The molecule has 0 fully saturated rings. The second kappa shape index (κ2) is 5.03. The summed E-state index contributed by atoms with van der Waals surface area (Å²) in [5.41, 5.74) is 0.759. The minimum Gasteiger partial charge on any atom is -0.394 e. The van der Waals surface area contributed by atoms with Crippen molar-refractivity contribution in [3.8, 4) is 0 Å². The summed E-state index contributed by atoms with van der Waals surface area (Å²) >= 11 is 0. The number of aliphatic hydroxyl groups excluding tert-OH is 1. The fraction of sp³-hybridized carbons (Fsp3) is 0.231. The van der Waals surface area contributed by atoms with Gasteiger partial charge in [-0.2, -0.15) is 0 Å². The number of hydrogen-bond acceptors (Lipinski definition) is 4. The predicted octanol–water partition coefficient (Wildman–Crippen LogP) is 0.932. The number of nitrogens with one attached hydrogen (secondary N) is 1. The number of pyridine rings is 2. The number of nitrogens with zero attached hydrogens (tertiary/aromatic N) is 2. The number of likely N-dealkylation sites (N-methyl/N-ethyl adjacent to an activating group) is 1. The molecular weight excluding hydrogens is 214 g/mol. The van der Waals surface area contributed by atoms with Crippen molar-refractivity contribution in [3.63, 3.8) is 0 Å². The van der Waals surface area contributed by atoms with Crippen LogP contribution in [0.25, 0.3) is 0 Å². The lowest BCUT2D eigenvalue weighted by Crippen LogP contribution is -2.45. The Morgan fingerprint density at radius 1 is 1.06 bits per heavy atom. The van der Waals surface area contributed by atoms with Crippen molar-refractivity contribution in [2.45, 2.75) is 5.54 Å². The van der Waals surface area contributed by atoms with E-state index in [0.29, 0.717) is 0 Å². The van der Waals surface area contributed by atoms with Crippen LogP contribution in [0.1, 0.15) is 11.4 Å². The molecule has 0 saturated heterocycles. The highest BCUT2D eigenvalue weighted by molar-refractivity contribution is 5.30. The van der Waals surface area contributed by atoms with Gasteiger partial charge in [-0.15, -0.1) is 0 Å². The first-order valence-corrected chi connectivity index (χ1v) is 5.46. The maximum atomic E-state index is 9.74. The summed E-state index contributed by atoms with van der Waals surface area (Å²) in [4.78, 5) is 8.61. The molecule has 0 aromatic carbocycles. The minimum absolute atomic E-state index is 0.0997. The molecule has 0 amide bonds. The van der Waals surface area contributed by atoms with Gasteiger partial charge in [-0.25, -0.2) is 0 Å². The molecule has 2 heterocycles. The molecule has 2 aromatic heterocycles. The Bertz CT molecular complexity index is 413. The van der Waals surface area contributed by atoms with Gasteiger partial charge in [-0.1, -0.05) is 12.1 Å². The monoisotopic (exact) mass is 229 g/mol. The van der Waals surface area contributed by atoms with Crippen molar-refractivity contribution >= 4 is 0 Å². The average molecular weight is 229 g/mol. The van der Waals surface area contributed by atoms with Gasteiger partial charge in [0.05, 0.1) is 18.0 Å². The SMILES string of the molecule is CNC(CO)(c1ccccn1)c1ccccn1. The lowest BCUT2D eigenvalue weighted by Gasteiger charge is -2.30. The Morgan fingerprint density at radius 3 is 1.88 bits per heavy atom. The summed E-state index contributed by atoms with van der Waals surface area (Å²) in [6.07, 6.45) is 3.42. The van der Waals surface area contributed by atoms with Gasteiger partial charge >= 0.3 is 0 Å².